The van der Waals surface area contributed by atoms with Crippen LogP contribution in [0.1, 0.15) is 16.7 Å². The maximum atomic E-state index is 8.93. The topological polar surface area (TPSA) is 132 Å². The van der Waals surface area contributed by atoms with E-state index in [2.05, 4.69) is 117 Å². The Balaban J connectivity index is 0.000000145. The number of amidine groups is 2. The molecule has 0 amide bonds. The van der Waals surface area contributed by atoms with E-state index in [4.69, 9.17) is 40.7 Å². The standard InChI is InChI=1S/C22H18N4Se2.C22H12N2Se2.C11H6BrNSe/c23-21(24)15-5-1-13(2-6-15)17-9-11-19(27-17)20-12-10-18(28-20)14-3-7-16(8-4-14)22(25)26;1-24-18-8-6-17(7-9-18)20-11-13-22(26-20)21-12-10-19(25-21)16-4-2-15(14-23)3-5-16;1-13-9-4-2-8(3-5-9)10-6-7-11(12)14-10/h1-12H,(H3,23,24)(H3,25,26);2-13H;2-7H. The molecule has 10 rings (SSSR count). The van der Waals surface area contributed by atoms with Crippen LogP contribution in [0.4, 0.5) is 11.4 Å². The SMILES string of the molecule is N=C(N)c1ccc(-c2ccc(-c3ccc(-c4ccc(C(=N)N)cc4)[se]3)[se]2)cc1.[C-]#[N+]c1ccc(-c2ccc(-c3ccc(-c4ccc(C#N)cc4)[se]3)[se]2)cc1.[C-]#[N+]c1ccc(-c2ccc(Br)[se]2)cc1. The van der Waals surface area contributed by atoms with Gasteiger partial charge in [-0.3, -0.25) is 0 Å². The van der Waals surface area contributed by atoms with Crippen LogP contribution in [-0.2, 0) is 0 Å². The van der Waals surface area contributed by atoms with Gasteiger partial charge in [0.2, 0.25) is 0 Å². The zero-order valence-corrected chi connectivity index (χ0v) is 45.9. The minimum atomic E-state index is 0.102. The molecular weight excluding hydrogens is 1230 g/mol. The van der Waals surface area contributed by atoms with Gasteiger partial charge in [-0.25, -0.2) is 0 Å². The van der Waals surface area contributed by atoms with E-state index in [1.54, 1.807) is 0 Å². The van der Waals surface area contributed by atoms with Crippen molar-refractivity contribution >= 4 is 111 Å². The van der Waals surface area contributed by atoms with Crippen molar-refractivity contribution in [1.29, 1.82) is 16.1 Å². The van der Waals surface area contributed by atoms with Gasteiger partial charge in [-0.05, 0) is 0 Å². The molecular formula is C55H36BrN7Se5. The van der Waals surface area contributed by atoms with Crippen LogP contribution in [0.15, 0.2) is 185 Å². The molecule has 0 aliphatic rings. The molecule has 5 aromatic carbocycles. The van der Waals surface area contributed by atoms with Gasteiger partial charge in [0.05, 0.1) is 0 Å². The fraction of sp³-hybridized carbons (Fsp3) is 0. The second-order valence-electron chi connectivity index (χ2n) is 14.7. The van der Waals surface area contributed by atoms with Crippen LogP contribution in [0.2, 0.25) is 0 Å². The Hall–Kier alpha value is -6.01. The monoisotopic (exact) mass is 1270 g/mol. The summed E-state index contributed by atoms with van der Waals surface area (Å²) in [5, 5.41) is 24.0. The Morgan fingerprint density at radius 3 is 0.926 bits per heavy atom. The summed E-state index contributed by atoms with van der Waals surface area (Å²) in [4.78, 5) is 6.82. The van der Waals surface area contributed by atoms with Crippen molar-refractivity contribution in [3.63, 3.8) is 0 Å². The average Bonchev–Trinajstić information content (AvgIpc) is 4.26. The van der Waals surface area contributed by atoms with E-state index < -0.39 is 0 Å². The molecule has 0 atom stereocenters. The molecule has 5 heterocycles. The van der Waals surface area contributed by atoms with Crippen molar-refractivity contribution in [3.8, 4) is 73.8 Å². The first kappa shape index (κ1) is 48.4. The number of nitrogen functional groups attached to an aromatic ring is 2. The molecule has 13 heteroatoms. The summed E-state index contributed by atoms with van der Waals surface area (Å²) in [5.41, 5.74) is 20.8. The fourth-order valence-electron chi connectivity index (χ4n) is 6.71. The zero-order valence-electron chi connectivity index (χ0n) is 35.7. The first-order chi connectivity index (χ1) is 33.1. The van der Waals surface area contributed by atoms with Crippen LogP contribution in [0, 0.1) is 35.3 Å². The molecule has 0 fully saturated rings. The van der Waals surface area contributed by atoms with Gasteiger partial charge in [0.15, 0.2) is 0 Å². The molecule has 0 aliphatic heterocycles. The normalized spacial score (nSPS) is 10.3. The second kappa shape index (κ2) is 22.9. The van der Waals surface area contributed by atoms with E-state index in [0.717, 1.165) is 11.1 Å². The summed E-state index contributed by atoms with van der Waals surface area (Å²) in [6.07, 6.45) is 0. The quantitative estimate of drug-likeness (QED) is 0.0497. The van der Waals surface area contributed by atoms with Crippen molar-refractivity contribution in [1.82, 2.24) is 0 Å². The Bertz CT molecular complexity index is 3290. The maximum absolute atomic E-state index is 8.93. The Kier molecular flexibility index (Phi) is 16.3. The summed E-state index contributed by atoms with van der Waals surface area (Å²) in [6.45, 7) is 13.9. The van der Waals surface area contributed by atoms with Crippen molar-refractivity contribution in [3.05, 3.63) is 225 Å². The van der Waals surface area contributed by atoms with E-state index in [1.807, 2.05) is 97.1 Å². The third kappa shape index (κ3) is 12.2. The molecule has 0 unspecified atom stereocenters. The Labute approximate surface area is 433 Å². The molecule has 68 heavy (non-hydrogen) atoms. The average molecular weight is 1270 g/mol. The summed E-state index contributed by atoms with van der Waals surface area (Å²) in [7, 11) is 0. The van der Waals surface area contributed by atoms with E-state index >= 15 is 0 Å². The van der Waals surface area contributed by atoms with Crippen LogP contribution >= 0.6 is 15.9 Å². The van der Waals surface area contributed by atoms with E-state index in [-0.39, 0.29) is 40.7 Å². The van der Waals surface area contributed by atoms with Crippen LogP contribution in [0.5, 0.6) is 0 Å². The number of benzene rings is 5. The number of halogens is 1. The number of hydrogen-bond acceptors (Lipinski definition) is 3. The van der Waals surface area contributed by atoms with Gasteiger partial charge < -0.3 is 0 Å². The van der Waals surface area contributed by atoms with Gasteiger partial charge in [-0.1, -0.05) is 0 Å². The van der Waals surface area contributed by atoms with Crippen LogP contribution in [0.3, 0.4) is 0 Å². The van der Waals surface area contributed by atoms with Crippen LogP contribution in [-0.4, -0.2) is 84.2 Å². The van der Waals surface area contributed by atoms with Gasteiger partial charge in [-0.15, -0.1) is 0 Å². The van der Waals surface area contributed by atoms with Gasteiger partial charge >= 0.3 is 438 Å². The third-order valence-electron chi connectivity index (χ3n) is 10.3. The Morgan fingerprint density at radius 1 is 0.397 bits per heavy atom. The number of nitrogens with one attached hydrogen (secondary N) is 2. The molecule has 0 bridgehead atoms. The molecule has 0 aliphatic carbocycles. The van der Waals surface area contributed by atoms with E-state index in [1.165, 1.54) is 71.1 Å². The fourth-order valence-corrected chi connectivity index (χ4v) is 18.9. The predicted molar refractivity (Wildman–Crippen MR) is 289 cm³/mol. The molecule has 0 radical (unpaired) electrons. The number of nitriles is 1. The van der Waals surface area contributed by atoms with Gasteiger partial charge in [-0.2, -0.15) is 0 Å². The molecule has 0 saturated heterocycles. The Morgan fingerprint density at radius 2 is 0.662 bits per heavy atom. The number of nitrogens with zero attached hydrogens (tertiary/aromatic N) is 3. The van der Waals surface area contributed by atoms with Crippen LogP contribution in [0.25, 0.3) is 77.4 Å². The summed E-state index contributed by atoms with van der Waals surface area (Å²) in [5.74, 6) is 0.204. The number of nitrogens with two attached hydrogens (primary N) is 2. The molecule has 0 spiro atoms. The van der Waals surface area contributed by atoms with Gasteiger partial charge in [0.25, 0.3) is 0 Å². The third-order valence-corrected chi connectivity index (χ3v) is 24.5. The summed E-state index contributed by atoms with van der Waals surface area (Å²) >= 11 is 5.08. The van der Waals surface area contributed by atoms with E-state index in [0.29, 0.717) is 60.4 Å². The van der Waals surface area contributed by atoms with E-state index in [9.17, 15) is 0 Å². The molecule has 328 valence electrons. The molecule has 5 aromatic heterocycles. The molecule has 7 nitrogen and oxygen atoms in total. The first-order valence-electron chi connectivity index (χ1n) is 20.6. The summed E-state index contributed by atoms with van der Waals surface area (Å²) in [6, 6.07) is 63.6. The molecule has 0 saturated carbocycles. The van der Waals surface area contributed by atoms with Gasteiger partial charge in [0.1, 0.15) is 0 Å². The molecule has 6 N–H and O–H groups in total. The second-order valence-corrected chi connectivity index (χ2v) is 28.2. The summed E-state index contributed by atoms with van der Waals surface area (Å²) < 4.78 is 13.8. The minimum absolute atomic E-state index is 0.102. The van der Waals surface area contributed by atoms with Crippen molar-refractivity contribution in [2.45, 2.75) is 0 Å². The van der Waals surface area contributed by atoms with Crippen molar-refractivity contribution in [2.75, 3.05) is 0 Å². The zero-order chi connectivity index (χ0) is 47.6. The van der Waals surface area contributed by atoms with Gasteiger partial charge in [0, 0.05) is 0 Å². The number of hydrogen-bond donors (Lipinski definition) is 4. The predicted octanol–water partition coefficient (Wildman–Crippen LogP) is 12.3. The van der Waals surface area contributed by atoms with Crippen LogP contribution < -0.4 is 11.5 Å². The molecule has 10 aromatic rings. The first-order valence-corrected chi connectivity index (χ1v) is 29.9. The van der Waals surface area contributed by atoms with Crippen molar-refractivity contribution in [2.24, 2.45) is 11.5 Å². The number of rotatable bonds is 9. The van der Waals surface area contributed by atoms with Crippen molar-refractivity contribution < 1.29 is 0 Å².